The Labute approximate surface area is 146 Å². The molecule has 0 bridgehead atoms. The molecule has 0 aliphatic heterocycles. The molecule has 2 N–H and O–H groups in total. The predicted molar refractivity (Wildman–Crippen MR) is 94.1 cm³/mol. The van der Waals surface area contributed by atoms with E-state index in [1.807, 2.05) is 36.4 Å². The second-order valence-corrected chi connectivity index (χ2v) is 6.18. The number of carboxylic acid groups (broad SMARTS) is 1. The van der Waals surface area contributed by atoms with E-state index in [4.69, 9.17) is 11.6 Å². The highest BCUT2D eigenvalue weighted by molar-refractivity contribution is 6.30. The number of hydrogen-bond donors (Lipinski definition) is 2. The normalized spacial score (nSPS) is 13.1. The van der Waals surface area contributed by atoms with Gasteiger partial charge in [-0.3, -0.25) is 9.59 Å². The van der Waals surface area contributed by atoms with Crippen LogP contribution in [0.2, 0.25) is 5.02 Å². The van der Waals surface area contributed by atoms with Crippen molar-refractivity contribution in [2.75, 3.05) is 6.54 Å². The van der Waals surface area contributed by atoms with Crippen LogP contribution in [-0.2, 0) is 16.0 Å². The minimum absolute atomic E-state index is 0.0912. The summed E-state index contributed by atoms with van der Waals surface area (Å²) in [6.45, 7) is 1.86. The van der Waals surface area contributed by atoms with Gasteiger partial charge in [-0.1, -0.05) is 54.1 Å². The summed E-state index contributed by atoms with van der Waals surface area (Å²) in [4.78, 5) is 23.7. The summed E-state index contributed by atoms with van der Waals surface area (Å²) in [6, 6.07) is 16.5. The van der Waals surface area contributed by atoms with Gasteiger partial charge in [0, 0.05) is 11.6 Å². The average molecular weight is 346 g/mol. The first-order valence-electron chi connectivity index (χ1n) is 7.77. The van der Waals surface area contributed by atoms with E-state index in [0.29, 0.717) is 11.4 Å². The van der Waals surface area contributed by atoms with Gasteiger partial charge in [0.2, 0.25) is 5.91 Å². The number of carboxylic acids is 1. The fraction of sp³-hybridized carbons (Fsp3) is 0.263. The van der Waals surface area contributed by atoms with Gasteiger partial charge in [-0.2, -0.15) is 0 Å². The molecule has 0 spiro atoms. The zero-order valence-electron chi connectivity index (χ0n) is 13.4. The van der Waals surface area contributed by atoms with Crippen molar-refractivity contribution in [3.05, 3.63) is 70.7 Å². The number of amides is 1. The van der Waals surface area contributed by atoms with Crippen molar-refractivity contribution in [1.29, 1.82) is 0 Å². The molecule has 0 heterocycles. The molecule has 126 valence electrons. The molecule has 2 rings (SSSR count). The summed E-state index contributed by atoms with van der Waals surface area (Å²) in [6.07, 6.45) is 0.377. The molecule has 0 saturated carbocycles. The molecule has 0 aliphatic carbocycles. The third-order valence-corrected chi connectivity index (χ3v) is 4.17. The van der Waals surface area contributed by atoms with Crippen molar-refractivity contribution in [3.8, 4) is 0 Å². The van der Waals surface area contributed by atoms with Gasteiger partial charge >= 0.3 is 5.97 Å². The molecule has 2 aromatic rings. The molecule has 1 amide bonds. The molecule has 4 nitrogen and oxygen atoms in total. The van der Waals surface area contributed by atoms with E-state index in [-0.39, 0.29) is 12.5 Å². The maximum absolute atomic E-state index is 12.3. The Bertz CT molecular complexity index is 703. The summed E-state index contributed by atoms with van der Waals surface area (Å²) < 4.78 is 0. The molecule has 2 unspecified atom stereocenters. The first-order valence-corrected chi connectivity index (χ1v) is 8.15. The smallest absolute Gasteiger partial charge is 0.308 e. The van der Waals surface area contributed by atoms with E-state index >= 15 is 0 Å². The summed E-state index contributed by atoms with van der Waals surface area (Å²) >= 11 is 5.94. The Hall–Kier alpha value is -2.33. The van der Waals surface area contributed by atoms with E-state index < -0.39 is 17.8 Å². The number of nitrogens with one attached hydrogen (secondary N) is 1. The molecule has 2 atom stereocenters. The Balaban J connectivity index is 1.96. The van der Waals surface area contributed by atoms with Crippen LogP contribution >= 0.6 is 11.6 Å². The summed E-state index contributed by atoms with van der Waals surface area (Å²) in [5, 5.41) is 12.7. The van der Waals surface area contributed by atoms with Crippen LogP contribution < -0.4 is 5.32 Å². The van der Waals surface area contributed by atoms with Gasteiger partial charge in [0.05, 0.1) is 11.8 Å². The number of hydrogen-bond acceptors (Lipinski definition) is 2. The van der Waals surface area contributed by atoms with Crippen molar-refractivity contribution in [2.24, 2.45) is 5.92 Å². The van der Waals surface area contributed by atoms with Crippen molar-refractivity contribution in [3.63, 3.8) is 0 Å². The van der Waals surface area contributed by atoms with Gasteiger partial charge in [-0.25, -0.2) is 0 Å². The summed E-state index contributed by atoms with van der Waals surface area (Å²) in [7, 11) is 0. The van der Waals surface area contributed by atoms with Gasteiger partial charge in [0.25, 0.3) is 0 Å². The number of halogens is 1. The van der Waals surface area contributed by atoms with Crippen molar-refractivity contribution in [2.45, 2.75) is 19.3 Å². The van der Waals surface area contributed by atoms with Crippen LogP contribution in [0.25, 0.3) is 0 Å². The second kappa shape index (κ2) is 8.50. The Morgan fingerprint density at radius 1 is 1.12 bits per heavy atom. The van der Waals surface area contributed by atoms with Crippen LogP contribution in [0, 0.1) is 5.92 Å². The van der Waals surface area contributed by atoms with E-state index in [2.05, 4.69) is 5.32 Å². The van der Waals surface area contributed by atoms with Gasteiger partial charge in [0.15, 0.2) is 0 Å². The Morgan fingerprint density at radius 3 is 2.46 bits per heavy atom. The highest BCUT2D eigenvalue weighted by atomic mass is 35.5. The average Bonchev–Trinajstić information content (AvgIpc) is 2.58. The number of carbonyl (C=O) groups is 2. The fourth-order valence-corrected chi connectivity index (χ4v) is 2.65. The highest BCUT2D eigenvalue weighted by Gasteiger charge is 2.21. The fourth-order valence-electron chi connectivity index (χ4n) is 2.45. The highest BCUT2D eigenvalue weighted by Crippen LogP contribution is 2.19. The molecule has 0 aliphatic rings. The van der Waals surface area contributed by atoms with Crippen molar-refractivity contribution < 1.29 is 14.7 Å². The summed E-state index contributed by atoms with van der Waals surface area (Å²) in [5.74, 6) is -2.19. The molecule has 0 fully saturated rings. The standard InChI is InChI=1S/C19H20ClNO3/c1-13(15-8-5-9-17(20)11-15)18(22)21-12-16(19(23)24)10-14-6-3-2-4-7-14/h2-9,11,13,16H,10,12H2,1H3,(H,21,22)(H,23,24). The molecule has 24 heavy (non-hydrogen) atoms. The lowest BCUT2D eigenvalue weighted by molar-refractivity contribution is -0.141. The molecule has 0 aromatic heterocycles. The Kier molecular flexibility index (Phi) is 6.38. The topological polar surface area (TPSA) is 66.4 Å². The number of aliphatic carboxylic acids is 1. The molecule has 2 aromatic carbocycles. The minimum Gasteiger partial charge on any atom is -0.481 e. The Morgan fingerprint density at radius 2 is 1.83 bits per heavy atom. The zero-order chi connectivity index (χ0) is 17.5. The molecule has 0 radical (unpaired) electrons. The molecule has 0 saturated heterocycles. The van der Waals surface area contributed by atoms with Crippen molar-refractivity contribution >= 4 is 23.5 Å². The zero-order valence-corrected chi connectivity index (χ0v) is 14.2. The third kappa shape index (κ3) is 5.10. The van der Waals surface area contributed by atoms with E-state index in [1.165, 1.54) is 0 Å². The molecule has 5 heteroatoms. The van der Waals surface area contributed by atoms with Crippen LogP contribution in [0.1, 0.15) is 24.0 Å². The van der Waals surface area contributed by atoms with Gasteiger partial charge in [-0.15, -0.1) is 0 Å². The monoisotopic (exact) mass is 345 g/mol. The third-order valence-electron chi connectivity index (χ3n) is 3.94. The number of rotatable bonds is 7. The van der Waals surface area contributed by atoms with Gasteiger partial charge in [-0.05, 0) is 36.6 Å². The van der Waals surface area contributed by atoms with Crippen LogP contribution in [0.15, 0.2) is 54.6 Å². The summed E-state index contributed by atoms with van der Waals surface area (Å²) in [5.41, 5.74) is 1.73. The van der Waals surface area contributed by atoms with E-state index in [1.54, 1.807) is 25.1 Å². The lowest BCUT2D eigenvalue weighted by atomic mass is 9.97. The largest absolute Gasteiger partial charge is 0.481 e. The van der Waals surface area contributed by atoms with Crippen LogP contribution in [-0.4, -0.2) is 23.5 Å². The van der Waals surface area contributed by atoms with Crippen LogP contribution in [0.5, 0.6) is 0 Å². The molecular formula is C19H20ClNO3. The first-order chi connectivity index (χ1) is 11.5. The minimum atomic E-state index is -0.922. The second-order valence-electron chi connectivity index (χ2n) is 5.75. The maximum Gasteiger partial charge on any atom is 0.308 e. The molecular weight excluding hydrogens is 326 g/mol. The predicted octanol–water partition coefficient (Wildman–Crippen LogP) is 3.50. The first kappa shape index (κ1) is 18.0. The van der Waals surface area contributed by atoms with E-state index in [0.717, 1.165) is 11.1 Å². The lowest BCUT2D eigenvalue weighted by Crippen LogP contribution is -2.36. The van der Waals surface area contributed by atoms with Crippen molar-refractivity contribution in [1.82, 2.24) is 5.32 Å². The quantitative estimate of drug-likeness (QED) is 0.807. The lowest BCUT2D eigenvalue weighted by Gasteiger charge is -2.17. The maximum atomic E-state index is 12.3. The van der Waals surface area contributed by atoms with Crippen LogP contribution in [0.4, 0.5) is 0 Å². The van der Waals surface area contributed by atoms with Gasteiger partial charge < -0.3 is 10.4 Å². The number of carbonyl (C=O) groups excluding carboxylic acids is 1. The number of benzene rings is 2. The van der Waals surface area contributed by atoms with Gasteiger partial charge in [0.1, 0.15) is 0 Å². The van der Waals surface area contributed by atoms with E-state index in [9.17, 15) is 14.7 Å². The van der Waals surface area contributed by atoms with Crippen LogP contribution in [0.3, 0.4) is 0 Å². The SMILES string of the molecule is CC(C(=O)NCC(Cc1ccccc1)C(=O)O)c1cccc(Cl)c1.